The largest absolute Gasteiger partial charge is 0.495 e. The molecular formula is C18H26N2O4S. The van der Waals surface area contributed by atoms with Crippen LogP contribution >= 0.6 is 0 Å². The molecule has 7 heteroatoms. The summed E-state index contributed by atoms with van der Waals surface area (Å²) in [7, 11) is -2.17. The molecule has 1 aromatic carbocycles. The quantitative estimate of drug-likeness (QED) is 0.869. The topological polar surface area (TPSA) is 75.7 Å². The van der Waals surface area contributed by atoms with E-state index >= 15 is 0 Å². The molecule has 6 nitrogen and oxygen atoms in total. The van der Waals surface area contributed by atoms with E-state index in [0.29, 0.717) is 24.5 Å². The van der Waals surface area contributed by atoms with E-state index in [9.17, 15) is 13.2 Å². The molecule has 0 bridgehead atoms. The Balaban J connectivity index is 1.85. The molecule has 1 saturated carbocycles. The summed E-state index contributed by atoms with van der Waals surface area (Å²) in [6.07, 6.45) is 6.77. The number of sulfonamides is 1. The van der Waals surface area contributed by atoms with E-state index in [2.05, 4.69) is 5.32 Å². The predicted octanol–water partition coefficient (Wildman–Crippen LogP) is 3.00. The summed E-state index contributed by atoms with van der Waals surface area (Å²) in [5.74, 6) is 0.317. The number of nitrogens with zero attached hydrogens (tertiary/aromatic N) is 1. The van der Waals surface area contributed by atoms with Crippen LogP contribution in [0.5, 0.6) is 5.75 Å². The number of hydrogen-bond donors (Lipinski definition) is 1. The van der Waals surface area contributed by atoms with E-state index < -0.39 is 10.0 Å². The zero-order valence-electron chi connectivity index (χ0n) is 14.7. The minimum absolute atomic E-state index is 0.0241. The molecule has 25 heavy (non-hydrogen) atoms. The van der Waals surface area contributed by atoms with Crippen molar-refractivity contribution in [3.05, 3.63) is 18.2 Å². The molecule has 1 aliphatic heterocycles. The van der Waals surface area contributed by atoms with Gasteiger partial charge in [0.2, 0.25) is 15.9 Å². The highest BCUT2D eigenvalue weighted by atomic mass is 32.2. The number of methoxy groups -OCH3 is 1. The second kappa shape index (κ2) is 7.74. The second-order valence-electron chi connectivity index (χ2n) is 6.80. The first-order valence-corrected chi connectivity index (χ1v) is 10.5. The zero-order chi connectivity index (χ0) is 17.9. The van der Waals surface area contributed by atoms with Crippen LogP contribution in [0.4, 0.5) is 5.69 Å². The van der Waals surface area contributed by atoms with Gasteiger partial charge in [-0.05, 0) is 43.9 Å². The first-order chi connectivity index (χ1) is 12.0. The molecule has 0 atom stereocenters. The third kappa shape index (κ3) is 3.98. The third-order valence-electron chi connectivity index (χ3n) is 5.09. The highest BCUT2D eigenvalue weighted by molar-refractivity contribution is 7.89. The van der Waals surface area contributed by atoms with Crippen LogP contribution in [0.1, 0.15) is 44.9 Å². The van der Waals surface area contributed by atoms with E-state index in [1.165, 1.54) is 17.5 Å². The fraction of sp³-hybridized carbons (Fsp3) is 0.611. The standard InChI is InChI=1S/C18H26N2O4S/c1-24-16-10-9-15(19-18(21)14-7-3-4-8-14)13-17(16)25(22,23)20-11-5-2-6-12-20/h9-10,13-14H,2-8,11-12H2,1H3,(H,19,21). The Labute approximate surface area is 149 Å². The smallest absolute Gasteiger partial charge is 0.246 e. The Hall–Kier alpha value is -1.60. The molecule has 0 unspecified atom stereocenters. The summed E-state index contributed by atoms with van der Waals surface area (Å²) in [5.41, 5.74) is 0.508. The number of nitrogens with one attached hydrogen (secondary N) is 1. The van der Waals surface area contributed by atoms with Gasteiger partial charge in [0.1, 0.15) is 10.6 Å². The van der Waals surface area contributed by atoms with Crippen molar-refractivity contribution in [1.82, 2.24) is 4.31 Å². The minimum Gasteiger partial charge on any atom is -0.495 e. The molecule has 2 aliphatic rings. The van der Waals surface area contributed by atoms with E-state index in [0.717, 1.165) is 44.9 Å². The van der Waals surface area contributed by atoms with Gasteiger partial charge in [-0.2, -0.15) is 4.31 Å². The molecule has 3 rings (SSSR count). The summed E-state index contributed by atoms with van der Waals surface area (Å²) < 4.78 is 32.8. The van der Waals surface area contributed by atoms with Crippen molar-refractivity contribution in [2.24, 2.45) is 5.92 Å². The van der Waals surface area contributed by atoms with E-state index in [1.54, 1.807) is 12.1 Å². The summed E-state index contributed by atoms with van der Waals surface area (Å²) in [5, 5.41) is 2.87. The van der Waals surface area contributed by atoms with Crippen LogP contribution in [0.25, 0.3) is 0 Å². The van der Waals surface area contributed by atoms with Gasteiger partial charge < -0.3 is 10.1 Å². The molecule has 0 radical (unpaired) electrons. The number of amides is 1. The molecular weight excluding hydrogens is 340 g/mol. The van der Waals surface area contributed by atoms with E-state index in [1.807, 2.05) is 0 Å². The Morgan fingerprint density at radius 2 is 1.80 bits per heavy atom. The summed E-state index contributed by atoms with van der Waals surface area (Å²) >= 11 is 0. The minimum atomic E-state index is -3.63. The molecule has 0 spiro atoms. The molecule has 0 aromatic heterocycles. The molecule has 1 amide bonds. The van der Waals surface area contributed by atoms with Crippen LogP contribution in [-0.4, -0.2) is 38.8 Å². The Morgan fingerprint density at radius 1 is 1.12 bits per heavy atom. The number of ether oxygens (including phenoxy) is 1. The second-order valence-corrected chi connectivity index (χ2v) is 8.71. The monoisotopic (exact) mass is 366 g/mol. The van der Waals surface area contributed by atoms with Gasteiger partial charge in [0.25, 0.3) is 0 Å². The molecule has 1 heterocycles. The lowest BCUT2D eigenvalue weighted by Gasteiger charge is -2.26. The predicted molar refractivity (Wildman–Crippen MR) is 96.2 cm³/mol. The molecule has 1 saturated heterocycles. The molecule has 1 aliphatic carbocycles. The fourth-order valence-electron chi connectivity index (χ4n) is 3.63. The number of carbonyl (C=O) groups is 1. The van der Waals surface area contributed by atoms with Crippen LogP contribution in [0.15, 0.2) is 23.1 Å². The molecule has 1 aromatic rings. The number of anilines is 1. The Bertz CT molecular complexity index is 721. The van der Waals surface area contributed by atoms with E-state index in [-0.39, 0.29) is 16.7 Å². The molecule has 1 N–H and O–H groups in total. The van der Waals surface area contributed by atoms with Gasteiger partial charge in [0, 0.05) is 24.7 Å². The number of hydrogen-bond acceptors (Lipinski definition) is 4. The third-order valence-corrected chi connectivity index (χ3v) is 7.01. The SMILES string of the molecule is COc1ccc(NC(=O)C2CCCC2)cc1S(=O)(=O)N1CCCCC1. The Morgan fingerprint density at radius 3 is 2.44 bits per heavy atom. The highest BCUT2D eigenvalue weighted by Gasteiger charge is 2.30. The lowest BCUT2D eigenvalue weighted by molar-refractivity contribution is -0.119. The van der Waals surface area contributed by atoms with Crippen LogP contribution in [0, 0.1) is 5.92 Å². The van der Waals surface area contributed by atoms with Crippen molar-refractivity contribution < 1.29 is 17.9 Å². The summed E-state index contributed by atoms with van der Waals surface area (Å²) in [6, 6.07) is 4.83. The average molecular weight is 366 g/mol. The highest BCUT2D eigenvalue weighted by Crippen LogP contribution is 2.32. The van der Waals surface area contributed by atoms with Gasteiger partial charge in [-0.15, -0.1) is 0 Å². The number of carbonyl (C=O) groups excluding carboxylic acids is 1. The normalized spacial score (nSPS) is 19.7. The van der Waals surface area contributed by atoms with Crippen molar-refractivity contribution in [2.75, 3.05) is 25.5 Å². The molecule has 2 fully saturated rings. The lowest BCUT2D eigenvalue weighted by Crippen LogP contribution is -2.35. The van der Waals surface area contributed by atoms with Crippen molar-refractivity contribution in [3.63, 3.8) is 0 Å². The summed E-state index contributed by atoms with van der Waals surface area (Å²) in [4.78, 5) is 12.5. The van der Waals surface area contributed by atoms with Crippen LogP contribution < -0.4 is 10.1 Å². The Kier molecular flexibility index (Phi) is 5.64. The van der Waals surface area contributed by atoms with Gasteiger partial charge >= 0.3 is 0 Å². The number of rotatable bonds is 5. The maximum Gasteiger partial charge on any atom is 0.246 e. The number of benzene rings is 1. The van der Waals surface area contributed by atoms with E-state index in [4.69, 9.17) is 4.74 Å². The van der Waals surface area contributed by atoms with Crippen molar-refractivity contribution in [2.45, 2.75) is 49.8 Å². The van der Waals surface area contributed by atoms with Crippen molar-refractivity contribution >= 4 is 21.6 Å². The maximum absolute atomic E-state index is 13.0. The summed E-state index contributed by atoms with van der Waals surface area (Å²) in [6.45, 7) is 1.06. The molecule has 138 valence electrons. The fourth-order valence-corrected chi connectivity index (χ4v) is 5.33. The van der Waals surface area contributed by atoms with Gasteiger partial charge in [0.05, 0.1) is 7.11 Å². The first-order valence-electron chi connectivity index (χ1n) is 9.01. The first kappa shape index (κ1) is 18.2. The zero-order valence-corrected chi connectivity index (χ0v) is 15.5. The number of piperidine rings is 1. The van der Waals surface area contributed by atoms with Crippen LogP contribution in [-0.2, 0) is 14.8 Å². The average Bonchev–Trinajstić information content (AvgIpc) is 3.17. The van der Waals surface area contributed by atoms with Gasteiger partial charge in [0.15, 0.2) is 0 Å². The maximum atomic E-state index is 13.0. The van der Waals surface area contributed by atoms with Gasteiger partial charge in [-0.25, -0.2) is 8.42 Å². The van der Waals surface area contributed by atoms with Gasteiger partial charge in [-0.3, -0.25) is 4.79 Å². The van der Waals surface area contributed by atoms with Crippen LogP contribution in [0.2, 0.25) is 0 Å². The van der Waals surface area contributed by atoms with Crippen LogP contribution in [0.3, 0.4) is 0 Å². The van der Waals surface area contributed by atoms with Crippen molar-refractivity contribution in [3.8, 4) is 5.75 Å². The lowest BCUT2D eigenvalue weighted by atomic mass is 10.1. The van der Waals surface area contributed by atoms with Crippen molar-refractivity contribution in [1.29, 1.82) is 0 Å². The van der Waals surface area contributed by atoms with Gasteiger partial charge in [-0.1, -0.05) is 19.3 Å².